The van der Waals surface area contributed by atoms with E-state index in [1.807, 2.05) is 31.3 Å². The van der Waals surface area contributed by atoms with Crippen LogP contribution in [0.3, 0.4) is 0 Å². The fourth-order valence-corrected chi connectivity index (χ4v) is 1.64. The molecular formula is C14H25N5O. The van der Waals surface area contributed by atoms with E-state index in [-0.39, 0.29) is 0 Å². The van der Waals surface area contributed by atoms with Crippen LogP contribution in [-0.4, -0.2) is 52.3 Å². The van der Waals surface area contributed by atoms with Gasteiger partial charge < -0.3 is 20.3 Å². The number of nitrogens with one attached hydrogen (secondary N) is 2. The van der Waals surface area contributed by atoms with Crippen molar-refractivity contribution in [3.8, 4) is 0 Å². The molecule has 0 aliphatic heterocycles. The predicted molar refractivity (Wildman–Crippen MR) is 83.3 cm³/mol. The van der Waals surface area contributed by atoms with Crippen molar-refractivity contribution in [3.63, 3.8) is 0 Å². The van der Waals surface area contributed by atoms with Crippen LogP contribution in [0.2, 0.25) is 0 Å². The van der Waals surface area contributed by atoms with Gasteiger partial charge >= 0.3 is 0 Å². The number of ether oxygens (including phenoxy) is 1. The van der Waals surface area contributed by atoms with Gasteiger partial charge in [-0.25, -0.2) is 4.98 Å². The minimum atomic E-state index is 0.716. The van der Waals surface area contributed by atoms with Crippen LogP contribution in [0.25, 0.3) is 0 Å². The Morgan fingerprint density at radius 1 is 1.40 bits per heavy atom. The zero-order valence-electron chi connectivity index (χ0n) is 12.8. The number of nitrogens with zero attached hydrogens (tertiary/aromatic N) is 3. The van der Waals surface area contributed by atoms with Crippen molar-refractivity contribution in [2.45, 2.75) is 13.0 Å². The van der Waals surface area contributed by atoms with Crippen molar-refractivity contribution in [3.05, 3.63) is 23.9 Å². The molecule has 1 aromatic heterocycles. The van der Waals surface area contributed by atoms with Gasteiger partial charge in [0.05, 0.1) is 0 Å². The highest BCUT2D eigenvalue weighted by Crippen LogP contribution is 2.08. The van der Waals surface area contributed by atoms with Crippen LogP contribution < -0.4 is 15.5 Å². The van der Waals surface area contributed by atoms with E-state index >= 15 is 0 Å². The third-order valence-corrected chi connectivity index (χ3v) is 2.77. The molecule has 2 N–H and O–H groups in total. The minimum Gasteiger partial charge on any atom is -0.385 e. The lowest BCUT2D eigenvalue weighted by Crippen LogP contribution is -2.37. The summed E-state index contributed by atoms with van der Waals surface area (Å²) in [6, 6.07) is 4.06. The van der Waals surface area contributed by atoms with Gasteiger partial charge in [-0.15, -0.1) is 0 Å². The number of hydrogen-bond donors (Lipinski definition) is 2. The molecule has 1 aromatic rings. The van der Waals surface area contributed by atoms with Crippen molar-refractivity contribution in [1.29, 1.82) is 0 Å². The molecule has 0 radical (unpaired) electrons. The smallest absolute Gasteiger partial charge is 0.191 e. The minimum absolute atomic E-state index is 0.716. The molecule has 0 aliphatic carbocycles. The van der Waals surface area contributed by atoms with E-state index in [4.69, 9.17) is 4.74 Å². The number of methoxy groups -OCH3 is 1. The summed E-state index contributed by atoms with van der Waals surface area (Å²) in [4.78, 5) is 10.5. The van der Waals surface area contributed by atoms with E-state index in [0.717, 1.165) is 31.3 Å². The van der Waals surface area contributed by atoms with Crippen molar-refractivity contribution in [2.24, 2.45) is 4.99 Å². The number of aromatic nitrogens is 1. The van der Waals surface area contributed by atoms with Gasteiger partial charge in [0.1, 0.15) is 5.82 Å². The predicted octanol–water partition coefficient (Wildman–Crippen LogP) is 0.849. The first-order valence-corrected chi connectivity index (χ1v) is 6.73. The lowest BCUT2D eigenvalue weighted by Gasteiger charge is -2.14. The maximum Gasteiger partial charge on any atom is 0.191 e. The molecule has 0 bridgehead atoms. The van der Waals surface area contributed by atoms with E-state index < -0.39 is 0 Å². The van der Waals surface area contributed by atoms with Gasteiger partial charge in [0, 0.05) is 54.1 Å². The molecule has 0 fully saturated rings. The summed E-state index contributed by atoms with van der Waals surface area (Å²) in [6.45, 7) is 2.31. The second-order valence-electron chi connectivity index (χ2n) is 4.62. The number of guanidine groups is 1. The zero-order valence-corrected chi connectivity index (χ0v) is 12.8. The Bertz CT molecular complexity index is 420. The largest absolute Gasteiger partial charge is 0.385 e. The second-order valence-corrected chi connectivity index (χ2v) is 4.62. The molecule has 0 amide bonds. The first kappa shape index (κ1) is 16.2. The Morgan fingerprint density at radius 3 is 2.85 bits per heavy atom. The monoisotopic (exact) mass is 279 g/mol. The van der Waals surface area contributed by atoms with Gasteiger partial charge in [0.2, 0.25) is 0 Å². The number of aliphatic imine (C=N–C) groups is 1. The highest BCUT2D eigenvalue weighted by Gasteiger charge is 2.01. The Balaban J connectivity index is 2.42. The average molecular weight is 279 g/mol. The summed E-state index contributed by atoms with van der Waals surface area (Å²) in [5, 5.41) is 6.53. The molecular weight excluding hydrogens is 254 g/mol. The molecule has 20 heavy (non-hydrogen) atoms. The van der Waals surface area contributed by atoms with E-state index in [1.54, 1.807) is 14.2 Å². The van der Waals surface area contributed by atoms with E-state index in [1.165, 1.54) is 5.56 Å². The van der Waals surface area contributed by atoms with Crippen LogP contribution in [0.5, 0.6) is 0 Å². The number of anilines is 1. The van der Waals surface area contributed by atoms with Gasteiger partial charge in [-0.05, 0) is 24.1 Å². The molecule has 0 aliphatic rings. The molecule has 1 heterocycles. The fourth-order valence-electron chi connectivity index (χ4n) is 1.64. The average Bonchev–Trinajstić information content (AvgIpc) is 2.47. The topological polar surface area (TPSA) is 61.8 Å². The van der Waals surface area contributed by atoms with Crippen LogP contribution in [0, 0.1) is 0 Å². The first-order chi connectivity index (χ1) is 9.67. The summed E-state index contributed by atoms with van der Waals surface area (Å²) in [7, 11) is 7.44. The Kier molecular flexibility index (Phi) is 7.42. The first-order valence-electron chi connectivity index (χ1n) is 6.73. The number of rotatable bonds is 7. The van der Waals surface area contributed by atoms with Crippen LogP contribution >= 0.6 is 0 Å². The molecule has 112 valence electrons. The van der Waals surface area contributed by atoms with Crippen LogP contribution in [-0.2, 0) is 11.3 Å². The summed E-state index contributed by atoms with van der Waals surface area (Å²) in [5.41, 5.74) is 1.17. The SMILES string of the molecule is CN=C(NCCCOC)NCc1ccnc(N(C)C)c1. The third-order valence-electron chi connectivity index (χ3n) is 2.77. The van der Waals surface area contributed by atoms with Crippen LogP contribution in [0.15, 0.2) is 23.3 Å². The molecule has 0 unspecified atom stereocenters. The Morgan fingerprint density at radius 2 is 2.20 bits per heavy atom. The molecule has 0 saturated heterocycles. The van der Waals surface area contributed by atoms with Crippen LogP contribution in [0.1, 0.15) is 12.0 Å². The second kappa shape index (κ2) is 9.14. The van der Waals surface area contributed by atoms with Gasteiger partial charge in [-0.1, -0.05) is 0 Å². The lowest BCUT2D eigenvalue weighted by molar-refractivity contribution is 0.195. The Hall–Kier alpha value is -1.82. The number of hydrogen-bond acceptors (Lipinski definition) is 4. The molecule has 0 spiro atoms. The van der Waals surface area contributed by atoms with E-state index in [0.29, 0.717) is 6.54 Å². The van der Waals surface area contributed by atoms with Crippen molar-refractivity contribution < 1.29 is 4.74 Å². The quantitative estimate of drug-likeness (QED) is 0.440. The van der Waals surface area contributed by atoms with Crippen molar-refractivity contribution >= 4 is 11.8 Å². The fraction of sp³-hybridized carbons (Fsp3) is 0.571. The molecule has 6 nitrogen and oxygen atoms in total. The van der Waals surface area contributed by atoms with Crippen LogP contribution in [0.4, 0.5) is 5.82 Å². The van der Waals surface area contributed by atoms with Crippen molar-refractivity contribution in [2.75, 3.05) is 46.3 Å². The molecule has 6 heteroatoms. The molecule has 0 atom stereocenters. The van der Waals surface area contributed by atoms with E-state index in [2.05, 4.69) is 26.7 Å². The highest BCUT2D eigenvalue weighted by molar-refractivity contribution is 5.79. The summed E-state index contributed by atoms with van der Waals surface area (Å²) >= 11 is 0. The molecule has 1 rings (SSSR count). The van der Waals surface area contributed by atoms with Gasteiger partial charge in [0.25, 0.3) is 0 Å². The van der Waals surface area contributed by atoms with E-state index in [9.17, 15) is 0 Å². The maximum absolute atomic E-state index is 5.01. The highest BCUT2D eigenvalue weighted by atomic mass is 16.5. The normalized spacial score (nSPS) is 11.3. The maximum atomic E-state index is 5.01. The summed E-state index contributed by atoms with van der Waals surface area (Å²) in [6.07, 6.45) is 2.78. The standard InChI is InChI=1S/C14H25N5O/c1-15-14(17-7-5-9-20-4)18-11-12-6-8-16-13(10-12)19(2)3/h6,8,10H,5,7,9,11H2,1-4H3,(H2,15,17,18). The lowest BCUT2D eigenvalue weighted by atomic mass is 10.2. The van der Waals surface area contributed by atoms with Gasteiger partial charge in [-0.3, -0.25) is 4.99 Å². The third kappa shape index (κ3) is 5.88. The summed E-state index contributed by atoms with van der Waals surface area (Å²) in [5.74, 6) is 1.75. The molecule has 0 aromatic carbocycles. The van der Waals surface area contributed by atoms with Crippen molar-refractivity contribution in [1.82, 2.24) is 15.6 Å². The Labute approximate surface area is 121 Å². The zero-order chi connectivity index (χ0) is 14.8. The number of pyridine rings is 1. The summed E-state index contributed by atoms with van der Waals surface area (Å²) < 4.78 is 5.01. The van der Waals surface area contributed by atoms with Gasteiger partial charge in [0.15, 0.2) is 5.96 Å². The molecule has 0 saturated carbocycles. The van der Waals surface area contributed by atoms with Gasteiger partial charge in [-0.2, -0.15) is 0 Å².